The Morgan fingerprint density at radius 3 is 2.62 bits per heavy atom. The fourth-order valence-electron chi connectivity index (χ4n) is 1.18. The Kier molecular flexibility index (Phi) is 3.66. The molecule has 2 amide bonds. The average Bonchev–Trinajstić information content (AvgIpc) is 2.47. The molecule has 0 fully saturated rings. The van der Waals surface area contributed by atoms with Crippen molar-refractivity contribution in [3.05, 3.63) is 17.0 Å². The highest BCUT2D eigenvalue weighted by Gasteiger charge is 2.18. The molecule has 0 aliphatic rings. The van der Waals surface area contributed by atoms with Crippen molar-refractivity contribution in [2.24, 2.45) is 11.5 Å². The molecule has 0 aliphatic heterocycles. The number of hydrogen-bond acceptors (Lipinski definition) is 4. The number of hydrogen-bond donors (Lipinski definition) is 3. The number of nitrogens with two attached hydrogens (primary N) is 2. The van der Waals surface area contributed by atoms with Crippen molar-refractivity contribution in [1.29, 1.82) is 0 Å². The van der Waals surface area contributed by atoms with Crippen molar-refractivity contribution in [1.82, 2.24) is 0 Å². The van der Waals surface area contributed by atoms with Crippen molar-refractivity contribution < 1.29 is 9.59 Å². The molecule has 1 aromatic heterocycles. The average molecular weight is 241 g/mol. The molecule has 0 saturated carbocycles. The Hall–Kier alpha value is -1.40. The molecule has 1 heterocycles. The van der Waals surface area contributed by atoms with Crippen LogP contribution in [0.4, 0.5) is 5.00 Å². The van der Waals surface area contributed by atoms with E-state index in [0.29, 0.717) is 10.6 Å². The summed E-state index contributed by atoms with van der Waals surface area (Å²) in [5.41, 5.74) is 10.6. The Labute approximate surface area is 97.8 Å². The molecule has 88 valence electrons. The smallest absolute Gasteiger partial charge is 0.251 e. The molecule has 0 aliphatic carbocycles. The summed E-state index contributed by atoms with van der Waals surface area (Å²) < 4.78 is 0. The van der Waals surface area contributed by atoms with E-state index in [-0.39, 0.29) is 12.3 Å². The molecule has 5 nitrogen and oxygen atoms in total. The normalized spacial score (nSPS) is 11.2. The number of primary amides is 1. The van der Waals surface area contributed by atoms with Crippen LogP contribution in [0, 0.1) is 0 Å². The zero-order chi connectivity index (χ0) is 12.3. The van der Waals surface area contributed by atoms with Gasteiger partial charge in [-0.25, -0.2) is 0 Å². The van der Waals surface area contributed by atoms with Crippen LogP contribution in [0.1, 0.15) is 30.6 Å². The second-order valence-corrected chi connectivity index (χ2v) is 5.16. The standard InChI is InChI=1S/C10H15N3O2S/c1-10(2,12)5-7(14)13-9-6(8(11)15)3-4-16-9/h3-4H,5,12H2,1-2H3,(H2,11,15)(H,13,14). The summed E-state index contributed by atoms with van der Waals surface area (Å²) >= 11 is 1.26. The highest BCUT2D eigenvalue weighted by atomic mass is 32.1. The molecule has 0 spiro atoms. The van der Waals surface area contributed by atoms with Crippen LogP contribution in [0.3, 0.4) is 0 Å². The van der Waals surface area contributed by atoms with Crippen LogP contribution in [0.25, 0.3) is 0 Å². The van der Waals surface area contributed by atoms with Gasteiger partial charge in [-0.3, -0.25) is 9.59 Å². The van der Waals surface area contributed by atoms with Crippen LogP contribution in [0.2, 0.25) is 0 Å². The Morgan fingerprint density at radius 2 is 2.12 bits per heavy atom. The predicted octanol–water partition coefficient (Wildman–Crippen LogP) is 0.913. The first-order chi connectivity index (χ1) is 7.29. The highest BCUT2D eigenvalue weighted by molar-refractivity contribution is 7.14. The summed E-state index contributed by atoms with van der Waals surface area (Å²) in [7, 11) is 0. The van der Waals surface area contributed by atoms with Gasteiger partial charge < -0.3 is 16.8 Å². The van der Waals surface area contributed by atoms with Gasteiger partial charge in [-0.1, -0.05) is 0 Å². The van der Waals surface area contributed by atoms with Gasteiger partial charge in [0.1, 0.15) is 5.00 Å². The molecule has 0 radical (unpaired) electrons. The van der Waals surface area contributed by atoms with E-state index in [4.69, 9.17) is 11.5 Å². The van der Waals surface area contributed by atoms with Crippen molar-refractivity contribution in [2.75, 3.05) is 5.32 Å². The van der Waals surface area contributed by atoms with E-state index in [1.807, 2.05) is 0 Å². The highest BCUT2D eigenvalue weighted by Crippen LogP contribution is 2.23. The van der Waals surface area contributed by atoms with Crippen molar-refractivity contribution >= 4 is 28.2 Å². The van der Waals surface area contributed by atoms with E-state index < -0.39 is 11.4 Å². The van der Waals surface area contributed by atoms with Crippen molar-refractivity contribution in [3.8, 4) is 0 Å². The lowest BCUT2D eigenvalue weighted by Gasteiger charge is -2.17. The van der Waals surface area contributed by atoms with E-state index in [2.05, 4.69) is 5.32 Å². The topological polar surface area (TPSA) is 98.2 Å². The van der Waals surface area contributed by atoms with Gasteiger partial charge >= 0.3 is 0 Å². The van der Waals surface area contributed by atoms with Gasteiger partial charge in [0.2, 0.25) is 5.91 Å². The zero-order valence-corrected chi connectivity index (χ0v) is 10.1. The van der Waals surface area contributed by atoms with Crippen molar-refractivity contribution in [3.63, 3.8) is 0 Å². The number of anilines is 1. The number of thiophene rings is 1. The Balaban J connectivity index is 2.70. The molecule has 1 aromatic rings. The maximum atomic E-state index is 11.6. The second kappa shape index (κ2) is 4.63. The first-order valence-corrected chi connectivity index (χ1v) is 5.63. The molecule has 6 heteroatoms. The summed E-state index contributed by atoms with van der Waals surface area (Å²) in [4.78, 5) is 22.6. The fourth-order valence-corrected chi connectivity index (χ4v) is 1.99. The molecule has 0 aromatic carbocycles. The molecular formula is C10H15N3O2S. The Morgan fingerprint density at radius 1 is 1.50 bits per heavy atom. The second-order valence-electron chi connectivity index (χ2n) is 4.24. The summed E-state index contributed by atoms with van der Waals surface area (Å²) in [6.45, 7) is 3.52. The molecule has 0 atom stereocenters. The molecule has 5 N–H and O–H groups in total. The van der Waals surface area contributed by atoms with Gasteiger partial charge in [0.05, 0.1) is 5.56 Å². The van der Waals surface area contributed by atoms with Gasteiger partial charge in [0.15, 0.2) is 0 Å². The van der Waals surface area contributed by atoms with Crippen LogP contribution >= 0.6 is 11.3 Å². The van der Waals surface area contributed by atoms with Crippen LogP contribution in [0.5, 0.6) is 0 Å². The number of carbonyl (C=O) groups excluding carboxylic acids is 2. The van der Waals surface area contributed by atoms with E-state index in [1.165, 1.54) is 11.3 Å². The summed E-state index contributed by atoms with van der Waals surface area (Å²) in [6, 6.07) is 1.58. The van der Waals surface area contributed by atoms with Crippen LogP contribution < -0.4 is 16.8 Å². The lowest BCUT2D eigenvalue weighted by atomic mass is 10.0. The third-order valence-electron chi connectivity index (χ3n) is 1.80. The number of nitrogens with one attached hydrogen (secondary N) is 1. The lowest BCUT2D eigenvalue weighted by Crippen LogP contribution is -2.36. The zero-order valence-electron chi connectivity index (χ0n) is 9.24. The first kappa shape index (κ1) is 12.7. The summed E-state index contributed by atoms with van der Waals surface area (Å²) in [5.74, 6) is -0.777. The molecule has 0 bridgehead atoms. The van der Waals surface area contributed by atoms with E-state index in [1.54, 1.807) is 25.3 Å². The minimum atomic E-state index is -0.575. The SMILES string of the molecule is CC(C)(N)CC(=O)Nc1sccc1C(N)=O. The van der Waals surface area contributed by atoms with Crippen molar-refractivity contribution in [2.45, 2.75) is 25.8 Å². The Bertz CT molecular complexity index is 406. The molecule has 16 heavy (non-hydrogen) atoms. The third-order valence-corrected chi connectivity index (χ3v) is 2.63. The largest absolute Gasteiger partial charge is 0.366 e. The van der Waals surface area contributed by atoms with E-state index in [9.17, 15) is 9.59 Å². The minimum absolute atomic E-state index is 0.184. The summed E-state index contributed by atoms with van der Waals surface area (Å²) in [6.07, 6.45) is 0.184. The molecular weight excluding hydrogens is 226 g/mol. The monoisotopic (exact) mass is 241 g/mol. The maximum Gasteiger partial charge on any atom is 0.251 e. The number of amides is 2. The van der Waals surface area contributed by atoms with Gasteiger partial charge in [-0.2, -0.15) is 0 Å². The van der Waals surface area contributed by atoms with Gasteiger partial charge in [0.25, 0.3) is 5.91 Å². The summed E-state index contributed by atoms with van der Waals surface area (Å²) in [5, 5.41) is 4.80. The predicted molar refractivity (Wildman–Crippen MR) is 64.4 cm³/mol. The van der Waals surface area contributed by atoms with Gasteiger partial charge in [0, 0.05) is 12.0 Å². The van der Waals surface area contributed by atoms with Gasteiger partial charge in [-0.15, -0.1) is 11.3 Å². The number of carbonyl (C=O) groups is 2. The molecule has 0 saturated heterocycles. The van der Waals surface area contributed by atoms with Crippen LogP contribution in [0.15, 0.2) is 11.4 Å². The molecule has 1 rings (SSSR count). The fraction of sp³-hybridized carbons (Fsp3) is 0.400. The van der Waals surface area contributed by atoms with Crippen LogP contribution in [-0.2, 0) is 4.79 Å². The lowest BCUT2D eigenvalue weighted by molar-refractivity contribution is -0.117. The van der Waals surface area contributed by atoms with E-state index in [0.717, 1.165) is 0 Å². The van der Waals surface area contributed by atoms with Crippen LogP contribution in [-0.4, -0.2) is 17.4 Å². The maximum absolute atomic E-state index is 11.6. The first-order valence-electron chi connectivity index (χ1n) is 4.75. The van der Waals surface area contributed by atoms with Gasteiger partial charge in [-0.05, 0) is 25.3 Å². The van der Waals surface area contributed by atoms with E-state index >= 15 is 0 Å². The minimum Gasteiger partial charge on any atom is -0.366 e. The third kappa shape index (κ3) is 3.63. The quantitative estimate of drug-likeness (QED) is 0.730. The number of rotatable bonds is 4. The molecule has 0 unspecified atom stereocenters.